The third-order valence-electron chi connectivity index (χ3n) is 2.55. The van der Waals surface area contributed by atoms with Crippen LogP contribution >= 0.6 is 0 Å². The maximum Gasteiger partial charge on any atom is 0.282 e. The molecule has 1 heterocycles. The van der Waals surface area contributed by atoms with E-state index in [9.17, 15) is 8.42 Å². The van der Waals surface area contributed by atoms with Crippen molar-refractivity contribution in [1.82, 2.24) is 13.9 Å². The van der Waals surface area contributed by atoms with Gasteiger partial charge in [0.05, 0.1) is 6.07 Å². The van der Waals surface area contributed by atoms with Crippen LogP contribution in [0, 0.1) is 11.3 Å². The summed E-state index contributed by atoms with van der Waals surface area (Å²) in [6.07, 6.45) is 0.235. The highest BCUT2D eigenvalue weighted by Crippen LogP contribution is 2.09. The second-order valence-electron chi connectivity index (χ2n) is 3.56. The molecule has 0 aromatic carbocycles. The van der Waals surface area contributed by atoms with Gasteiger partial charge in [-0.2, -0.15) is 22.3 Å². The lowest BCUT2D eigenvalue weighted by molar-refractivity contribution is 0.317. The molecule has 0 spiro atoms. The minimum absolute atomic E-state index is 0.235. The molecular formula is C9H18N4O2S. The average Bonchev–Trinajstić information content (AvgIpc) is 2.31. The number of nitrogens with zero attached hydrogens (tertiary/aromatic N) is 3. The van der Waals surface area contributed by atoms with Gasteiger partial charge >= 0.3 is 0 Å². The molecule has 1 rings (SSSR count). The fraction of sp³-hybridized carbons (Fsp3) is 0.889. The molecule has 1 N–H and O–H groups in total. The van der Waals surface area contributed by atoms with Crippen LogP contribution < -0.4 is 5.32 Å². The van der Waals surface area contributed by atoms with Crippen molar-refractivity contribution >= 4 is 10.2 Å². The van der Waals surface area contributed by atoms with E-state index in [1.807, 2.05) is 6.07 Å². The molecule has 1 aliphatic heterocycles. The van der Waals surface area contributed by atoms with E-state index in [0.29, 0.717) is 32.7 Å². The van der Waals surface area contributed by atoms with Crippen LogP contribution in [0.25, 0.3) is 0 Å². The van der Waals surface area contributed by atoms with E-state index < -0.39 is 10.2 Å². The predicted molar refractivity (Wildman–Crippen MR) is 60.8 cm³/mol. The van der Waals surface area contributed by atoms with Gasteiger partial charge in [-0.1, -0.05) is 6.92 Å². The average molecular weight is 246 g/mol. The molecule has 0 amide bonds. The first kappa shape index (κ1) is 13.4. The van der Waals surface area contributed by atoms with Gasteiger partial charge in [0.1, 0.15) is 0 Å². The molecule has 1 saturated heterocycles. The number of rotatable bonds is 5. The van der Waals surface area contributed by atoms with Gasteiger partial charge in [0.25, 0.3) is 10.2 Å². The van der Waals surface area contributed by atoms with Gasteiger partial charge in [0.15, 0.2) is 0 Å². The molecule has 1 aliphatic rings. The van der Waals surface area contributed by atoms with Gasteiger partial charge in [0, 0.05) is 45.7 Å². The zero-order valence-electron chi connectivity index (χ0n) is 9.52. The Kier molecular flexibility index (Phi) is 5.15. The minimum Gasteiger partial charge on any atom is -0.314 e. The molecule has 0 unspecified atom stereocenters. The maximum absolute atomic E-state index is 12.1. The molecule has 0 aromatic rings. The highest BCUT2D eigenvalue weighted by atomic mass is 32.2. The summed E-state index contributed by atoms with van der Waals surface area (Å²) < 4.78 is 27.1. The smallest absolute Gasteiger partial charge is 0.282 e. The number of nitriles is 1. The van der Waals surface area contributed by atoms with Crippen LogP contribution in [0.1, 0.15) is 13.3 Å². The Hall–Kier alpha value is -0.680. The zero-order chi connectivity index (χ0) is 12.0. The van der Waals surface area contributed by atoms with Crippen molar-refractivity contribution in [3.63, 3.8) is 0 Å². The Morgan fingerprint density at radius 1 is 1.44 bits per heavy atom. The van der Waals surface area contributed by atoms with Crippen molar-refractivity contribution in [3.8, 4) is 6.07 Å². The molecule has 0 radical (unpaired) electrons. The van der Waals surface area contributed by atoms with Crippen LogP contribution in [-0.2, 0) is 10.2 Å². The normalized spacial score (nSPS) is 18.6. The van der Waals surface area contributed by atoms with Crippen molar-refractivity contribution in [2.75, 3.05) is 39.3 Å². The second-order valence-corrected chi connectivity index (χ2v) is 5.49. The van der Waals surface area contributed by atoms with Crippen LogP contribution in [0.15, 0.2) is 0 Å². The lowest BCUT2D eigenvalue weighted by Crippen LogP contribution is -2.51. The highest BCUT2D eigenvalue weighted by molar-refractivity contribution is 7.86. The first-order valence-corrected chi connectivity index (χ1v) is 6.85. The summed E-state index contributed by atoms with van der Waals surface area (Å²) in [6, 6.07) is 1.97. The van der Waals surface area contributed by atoms with Crippen molar-refractivity contribution in [2.45, 2.75) is 13.3 Å². The number of hydrogen-bond acceptors (Lipinski definition) is 4. The van der Waals surface area contributed by atoms with Crippen LogP contribution in [0.4, 0.5) is 0 Å². The molecule has 7 heteroatoms. The lowest BCUT2D eigenvalue weighted by Gasteiger charge is -2.31. The fourth-order valence-corrected chi connectivity index (χ4v) is 3.27. The van der Waals surface area contributed by atoms with Crippen molar-refractivity contribution < 1.29 is 8.42 Å². The Bertz CT molecular complexity index is 343. The highest BCUT2D eigenvalue weighted by Gasteiger charge is 2.29. The van der Waals surface area contributed by atoms with Gasteiger partial charge in [-0.25, -0.2) is 0 Å². The van der Waals surface area contributed by atoms with E-state index in [4.69, 9.17) is 5.26 Å². The Morgan fingerprint density at radius 3 is 2.56 bits per heavy atom. The molecule has 16 heavy (non-hydrogen) atoms. The van der Waals surface area contributed by atoms with Crippen LogP contribution in [-0.4, -0.2) is 56.3 Å². The topological polar surface area (TPSA) is 76.4 Å². The monoisotopic (exact) mass is 246 g/mol. The van der Waals surface area contributed by atoms with E-state index in [2.05, 4.69) is 5.32 Å². The second kappa shape index (κ2) is 6.15. The van der Waals surface area contributed by atoms with Gasteiger partial charge in [-0.15, -0.1) is 0 Å². The lowest BCUT2D eigenvalue weighted by atomic mass is 10.4. The summed E-state index contributed by atoms with van der Waals surface area (Å²) in [5.74, 6) is 0. The Morgan fingerprint density at radius 2 is 2.06 bits per heavy atom. The standard InChI is InChI=1S/C9H18N4O2S/c1-2-12(7-3-4-10)16(14,15)13-8-5-11-6-9-13/h11H,2-3,5-9H2,1H3. The quantitative estimate of drug-likeness (QED) is 0.701. The largest absolute Gasteiger partial charge is 0.314 e. The summed E-state index contributed by atoms with van der Waals surface area (Å²) >= 11 is 0. The van der Waals surface area contributed by atoms with Crippen molar-refractivity contribution in [2.24, 2.45) is 0 Å². The van der Waals surface area contributed by atoms with E-state index in [0.717, 1.165) is 0 Å². The molecular weight excluding hydrogens is 228 g/mol. The van der Waals surface area contributed by atoms with Crippen LogP contribution in [0.5, 0.6) is 0 Å². The first-order valence-electron chi connectivity index (χ1n) is 5.45. The molecule has 6 nitrogen and oxygen atoms in total. The van der Waals surface area contributed by atoms with Gasteiger partial charge in [0.2, 0.25) is 0 Å². The molecule has 0 saturated carbocycles. The van der Waals surface area contributed by atoms with Crippen molar-refractivity contribution in [1.29, 1.82) is 5.26 Å². The van der Waals surface area contributed by atoms with Gasteiger partial charge in [-0.3, -0.25) is 0 Å². The molecule has 0 atom stereocenters. The van der Waals surface area contributed by atoms with E-state index in [-0.39, 0.29) is 13.0 Å². The summed E-state index contributed by atoms with van der Waals surface area (Å²) in [5.41, 5.74) is 0. The van der Waals surface area contributed by atoms with Gasteiger partial charge < -0.3 is 5.32 Å². The molecule has 0 aliphatic carbocycles. The van der Waals surface area contributed by atoms with E-state index in [1.54, 1.807) is 6.92 Å². The summed E-state index contributed by atoms with van der Waals surface area (Å²) in [7, 11) is -3.37. The minimum atomic E-state index is -3.37. The number of hydrogen-bond donors (Lipinski definition) is 1. The summed E-state index contributed by atoms with van der Waals surface area (Å²) in [6.45, 7) is 4.87. The first-order chi connectivity index (χ1) is 7.62. The zero-order valence-corrected chi connectivity index (χ0v) is 10.3. The third-order valence-corrected chi connectivity index (χ3v) is 4.67. The summed E-state index contributed by atoms with van der Waals surface area (Å²) in [5, 5.41) is 11.6. The van der Waals surface area contributed by atoms with E-state index >= 15 is 0 Å². The summed E-state index contributed by atoms with van der Waals surface area (Å²) in [4.78, 5) is 0. The maximum atomic E-state index is 12.1. The van der Waals surface area contributed by atoms with E-state index in [1.165, 1.54) is 8.61 Å². The number of piperazine rings is 1. The Balaban J connectivity index is 2.69. The predicted octanol–water partition coefficient (Wildman–Crippen LogP) is -0.628. The molecule has 1 fully saturated rings. The van der Waals surface area contributed by atoms with Crippen molar-refractivity contribution in [3.05, 3.63) is 0 Å². The number of nitrogens with one attached hydrogen (secondary N) is 1. The molecule has 0 bridgehead atoms. The van der Waals surface area contributed by atoms with Crippen LogP contribution in [0.2, 0.25) is 0 Å². The SMILES string of the molecule is CCN(CCC#N)S(=O)(=O)N1CCNCC1. The fourth-order valence-electron chi connectivity index (χ4n) is 1.65. The van der Waals surface area contributed by atoms with Crippen LogP contribution in [0.3, 0.4) is 0 Å². The third kappa shape index (κ3) is 3.15. The molecule has 0 aromatic heterocycles. The molecule has 92 valence electrons. The Labute approximate surface area is 97.0 Å². The van der Waals surface area contributed by atoms with Gasteiger partial charge in [-0.05, 0) is 0 Å².